The van der Waals surface area contributed by atoms with Gasteiger partial charge < -0.3 is 10.2 Å². The van der Waals surface area contributed by atoms with E-state index < -0.39 is 6.10 Å². The van der Waals surface area contributed by atoms with Gasteiger partial charge in [-0.1, -0.05) is 0 Å². The minimum Gasteiger partial charge on any atom is -0.394 e. The second-order valence-corrected chi connectivity index (χ2v) is 4.31. The van der Waals surface area contributed by atoms with Gasteiger partial charge in [0, 0.05) is 11.4 Å². The predicted molar refractivity (Wildman–Crippen MR) is 57.5 cm³/mol. The zero-order chi connectivity index (χ0) is 10.6. The van der Waals surface area contributed by atoms with E-state index in [1.807, 2.05) is 26.0 Å². The van der Waals surface area contributed by atoms with Gasteiger partial charge >= 0.3 is 0 Å². The number of hydrogen-bond donors (Lipinski definition) is 2. The van der Waals surface area contributed by atoms with Crippen LogP contribution >= 0.6 is 11.8 Å². The third kappa shape index (κ3) is 3.65. The first-order chi connectivity index (χ1) is 6.61. The van der Waals surface area contributed by atoms with Crippen LogP contribution in [0.5, 0.6) is 0 Å². The molecule has 3 nitrogen and oxygen atoms in total. The molecule has 1 atom stereocenters. The summed E-state index contributed by atoms with van der Waals surface area (Å²) in [6.07, 6.45) is -0.664. The van der Waals surface area contributed by atoms with E-state index in [-0.39, 0.29) is 6.61 Å². The Morgan fingerprint density at radius 2 is 2.14 bits per heavy atom. The molecular weight excluding hydrogens is 198 g/mol. The lowest BCUT2D eigenvalue weighted by Gasteiger charge is -2.07. The number of aromatic nitrogens is 1. The van der Waals surface area contributed by atoms with E-state index in [0.29, 0.717) is 5.75 Å². The second-order valence-electron chi connectivity index (χ2n) is 3.27. The minimum absolute atomic E-state index is 0.197. The van der Waals surface area contributed by atoms with Gasteiger partial charge in [-0.2, -0.15) is 0 Å². The Morgan fingerprint density at radius 1 is 1.43 bits per heavy atom. The van der Waals surface area contributed by atoms with Crippen LogP contribution in [-0.4, -0.2) is 33.7 Å². The highest BCUT2D eigenvalue weighted by Gasteiger charge is 2.04. The van der Waals surface area contributed by atoms with Crippen LogP contribution < -0.4 is 0 Å². The topological polar surface area (TPSA) is 53.4 Å². The minimum atomic E-state index is -0.664. The molecule has 0 bridgehead atoms. The molecule has 0 aromatic carbocycles. The van der Waals surface area contributed by atoms with Crippen molar-refractivity contribution < 1.29 is 10.2 Å². The Balaban J connectivity index is 2.58. The first-order valence-corrected chi connectivity index (χ1v) is 5.47. The Labute approximate surface area is 88.2 Å². The van der Waals surface area contributed by atoms with Gasteiger partial charge in [0.15, 0.2) is 0 Å². The van der Waals surface area contributed by atoms with Crippen LogP contribution in [0, 0.1) is 13.8 Å². The third-order valence-electron chi connectivity index (χ3n) is 1.71. The fourth-order valence-corrected chi connectivity index (χ4v) is 2.06. The van der Waals surface area contributed by atoms with Crippen LogP contribution in [0.2, 0.25) is 0 Å². The van der Waals surface area contributed by atoms with E-state index >= 15 is 0 Å². The fourth-order valence-electron chi connectivity index (χ4n) is 1.11. The average Bonchev–Trinajstić information content (AvgIpc) is 2.12. The van der Waals surface area contributed by atoms with Crippen molar-refractivity contribution in [3.8, 4) is 0 Å². The number of hydrogen-bond acceptors (Lipinski definition) is 4. The van der Waals surface area contributed by atoms with Crippen molar-refractivity contribution in [2.24, 2.45) is 0 Å². The molecule has 4 heteroatoms. The van der Waals surface area contributed by atoms with E-state index in [1.54, 1.807) is 0 Å². The summed E-state index contributed by atoms with van der Waals surface area (Å²) in [5.74, 6) is 0.479. The second kappa shape index (κ2) is 5.34. The zero-order valence-corrected chi connectivity index (χ0v) is 9.21. The van der Waals surface area contributed by atoms with Gasteiger partial charge in [0.25, 0.3) is 0 Å². The van der Waals surface area contributed by atoms with Gasteiger partial charge in [-0.25, -0.2) is 4.98 Å². The van der Waals surface area contributed by atoms with E-state index in [9.17, 15) is 0 Å². The van der Waals surface area contributed by atoms with Gasteiger partial charge in [0.1, 0.15) is 0 Å². The molecule has 2 N–H and O–H groups in total. The van der Waals surface area contributed by atoms with Crippen molar-refractivity contribution >= 4 is 11.8 Å². The van der Waals surface area contributed by atoms with Gasteiger partial charge in [0.05, 0.1) is 17.7 Å². The summed E-state index contributed by atoms with van der Waals surface area (Å²) in [5.41, 5.74) is 2.14. The Morgan fingerprint density at radius 3 is 2.71 bits per heavy atom. The molecule has 0 radical (unpaired) electrons. The highest BCUT2D eigenvalue weighted by molar-refractivity contribution is 7.99. The molecule has 0 aliphatic carbocycles. The monoisotopic (exact) mass is 213 g/mol. The van der Waals surface area contributed by atoms with Crippen LogP contribution in [0.3, 0.4) is 0 Å². The Bertz CT molecular complexity index is 284. The van der Waals surface area contributed by atoms with E-state index in [4.69, 9.17) is 10.2 Å². The number of aliphatic hydroxyl groups excluding tert-OH is 2. The van der Waals surface area contributed by atoms with Crippen molar-refractivity contribution in [2.45, 2.75) is 25.0 Å². The fraction of sp³-hybridized carbons (Fsp3) is 0.500. The van der Waals surface area contributed by atoms with Crippen molar-refractivity contribution in [1.82, 2.24) is 4.98 Å². The van der Waals surface area contributed by atoms with Crippen molar-refractivity contribution in [3.63, 3.8) is 0 Å². The average molecular weight is 213 g/mol. The first kappa shape index (κ1) is 11.5. The zero-order valence-electron chi connectivity index (χ0n) is 8.40. The molecule has 0 fully saturated rings. The molecular formula is C10H15NO2S. The molecule has 1 rings (SSSR count). The maximum Gasteiger partial charge on any atom is 0.0966 e. The van der Waals surface area contributed by atoms with Gasteiger partial charge in [0.2, 0.25) is 0 Å². The molecule has 14 heavy (non-hydrogen) atoms. The standard InChI is InChI=1S/C10H15NO2S/c1-7-3-8(2)11-10(4-7)14-6-9(13)5-12/h3-4,9,12-13H,5-6H2,1-2H3. The number of aliphatic hydroxyl groups is 2. The molecule has 1 aromatic rings. The number of thioether (sulfide) groups is 1. The van der Waals surface area contributed by atoms with Gasteiger partial charge in [-0.15, -0.1) is 11.8 Å². The molecule has 0 saturated heterocycles. The first-order valence-electron chi connectivity index (χ1n) is 4.49. The molecule has 0 saturated carbocycles. The lowest BCUT2D eigenvalue weighted by Crippen LogP contribution is -2.14. The Kier molecular flexibility index (Phi) is 4.38. The maximum absolute atomic E-state index is 9.16. The highest BCUT2D eigenvalue weighted by atomic mass is 32.2. The number of aryl methyl sites for hydroxylation is 2. The van der Waals surface area contributed by atoms with Crippen LogP contribution in [-0.2, 0) is 0 Å². The van der Waals surface area contributed by atoms with Crippen LogP contribution in [0.15, 0.2) is 17.2 Å². The van der Waals surface area contributed by atoms with Gasteiger partial charge in [-0.3, -0.25) is 0 Å². The molecule has 1 aromatic heterocycles. The number of pyridine rings is 1. The SMILES string of the molecule is Cc1cc(C)nc(SCC(O)CO)c1. The third-order valence-corrected chi connectivity index (χ3v) is 2.76. The highest BCUT2D eigenvalue weighted by Crippen LogP contribution is 2.18. The van der Waals surface area contributed by atoms with E-state index in [2.05, 4.69) is 4.98 Å². The summed E-state index contributed by atoms with van der Waals surface area (Å²) in [5, 5.41) is 18.7. The smallest absolute Gasteiger partial charge is 0.0966 e. The van der Waals surface area contributed by atoms with Crippen LogP contribution in [0.4, 0.5) is 0 Å². The summed E-state index contributed by atoms with van der Waals surface area (Å²) in [6.45, 7) is 3.76. The van der Waals surface area contributed by atoms with Gasteiger partial charge in [-0.05, 0) is 31.5 Å². The largest absolute Gasteiger partial charge is 0.394 e. The molecule has 0 spiro atoms. The lowest BCUT2D eigenvalue weighted by molar-refractivity contribution is 0.113. The molecule has 1 unspecified atom stereocenters. The molecule has 0 aliphatic heterocycles. The normalized spacial score (nSPS) is 12.9. The summed E-state index contributed by atoms with van der Waals surface area (Å²) in [4.78, 5) is 4.31. The number of rotatable bonds is 4. The predicted octanol–water partition coefficient (Wildman–Crippen LogP) is 1.14. The van der Waals surface area contributed by atoms with Crippen molar-refractivity contribution in [2.75, 3.05) is 12.4 Å². The molecule has 0 amide bonds. The van der Waals surface area contributed by atoms with Crippen molar-refractivity contribution in [3.05, 3.63) is 23.4 Å². The summed E-state index contributed by atoms with van der Waals surface area (Å²) >= 11 is 1.46. The van der Waals surface area contributed by atoms with Crippen molar-refractivity contribution in [1.29, 1.82) is 0 Å². The van der Waals surface area contributed by atoms with Crippen LogP contribution in [0.1, 0.15) is 11.3 Å². The summed E-state index contributed by atoms with van der Waals surface area (Å²) in [6, 6.07) is 3.98. The van der Waals surface area contributed by atoms with E-state index in [1.165, 1.54) is 17.3 Å². The molecule has 0 aliphatic rings. The summed E-state index contributed by atoms with van der Waals surface area (Å²) < 4.78 is 0. The van der Waals surface area contributed by atoms with E-state index in [0.717, 1.165) is 10.7 Å². The maximum atomic E-state index is 9.16. The lowest BCUT2D eigenvalue weighted by atomic mass is 10.3. The molecule has 78 valence electrons. The quantitative estimate of drug-likeness (QED) is 0.737. The molecule has 1 heterocycles. The summed E-state index contributed by atoms with van der Waals surface area (Å²) in [7, 11) is 0. The number of nitrogens with zero attached hydrogens (tertiary/aromatic N) is 1. The van der Waals surface area contributed by atoms with Crippen LogP contribution in [0.25, 0.3) is 0 Å². The Hall–Kier alpha value is -0.580.